The maximum atomic E-state index is 14.2. The topological polar surface area (TPSA) is 205 Å². The number of nitrogens with zero attached hydrogens (tertiary/aromatic N) is 6. The molecule has 5 heterocycles. The molecule has 0 bridgehead atoms. The van der Waals surface area contributed by atoms with Crippen LogP contribution in [0, 0.1) is 12.3 Å². The van der Waals surface area contributed by atoms with E-state index < -0.39 is 52.9 Å². The molecule has 3 aromatic heterocycles. The molecule has 16 nitrogen and oxygen atoms in total. The first-order chi connectivity index (χ1) is 35.3. The van der Waals surface area contributed by atoms with E-state index >= 15 is 0 Å². The van der Waals surface area contributed by atoms with Crippen LogP contribution in [0.1, 0.15) is 91.9 Å². The molecule has 2 saturated heterocycles. The Morgan fingerprint density at radius 3 is 2.32 bits per heavy atom. The largest absolute Gasteiger partial charge is 0.471 e. The Balaban J connectivity index is 0.826. The predicted molar refractivity (Wildman–Crippen MR) is 274 cm³/mol. The molecule has 3 aromatic carbocycles. The van der Waals surface area contributed by atoms with Crippen molar-refractivity contribution in [2.75, 3.05) is 45.9 Å². The Bertz CT molecular complexity index is 2900. The maximum Gasteiger partial charge on any atom is 0.471 e. The minimum Gasteiger partial charge on any atom is -0.391 e. The van der Waals surface area contributed by atoms with Crippen molar-refractivity contribution >= 4 is 46.3 Å². The van der Waals surface area contributed by atoms with E-state index in [0.717, 1.165) is 38.0 Å². The number of aryl methyl sites for hydroxylation is 1. The van der Waals surface area contributed by atoms with Gasteiger partial charge in [-0.3, -0.25) is 19.2 Å². The number of β-amino-alcohol motifs (C(OH)–C–C–N with tert-alkyl or cyclic N) is 1. The van der Waals surface area contributed by atoms with Crippen molar-refractivity contribution in [1.82, 2.24) is 45.9 Å². The molecule has 0 spiro atoms. The van der Waals surface area contributed by atoms with E-state index in [0.29, 0.717) is 39.1 Å². The molecule has 2 aliphatic rings. The van der Waals surface area contributed by atoms with Gasteiger partial charge in [0.15, 0.2) is 0 Å². The van der Waals surface area contributed by atoms with Crippen LogP contribution < -0.4 is 16.0 Å². The minimum atomic E-state index is -4.81. The number of rotatable bonds is 18. The van der Waals surface area contributed by atoms with Crippen LogP contribution in [0.2, 0.25) is 0 Å². The predicted octanol–water partition coefficient (Wildman–Crippen LogP) is 7.85. The first kappa shape index (κ1) is 53.9. The summed E-state index contributed by atoms with van der Waals surface area (Å²) in [4.78, 5) is 72.6. The number of thiazole rings is 2. The van der Waals surface area contributed by atoms with Gasteiger partial charge in [-0.15, -0.1) is 22.7 Å². The average molecular weight is 1060 g/mol. The van der Waals surface area contributed by atoms with E-state index in [1.807, 2.05) is 94.6 Å². The fourth-order valence-corrected chi connectivity index (χ4v) is 11.1. The molecule has 0 aliphatic carbocycles. The Morgan fingerprint density at radius 2 is 1.65 bits per heavy atom. The number of carbonyl (C=O) groups is 4. The van der Waals surface area contributed by atoms with Crippen LogP contribution in [0.25, 0.3) is 33.1 Å². The summed E-state index contributed by atoms with van der Waals surface area (Å²) in [6.45, 7) is 11.9. The van der Waals surface area contributed by atoms with Crippen LogP contribution in [0.4, 0.5) is 13.2 Å². The summed E-state index contributed by atoms with van der Waals surface area (Å²) in [6.07, 6.45) is -4.34. The van der Waals surface area contributed by atoms with Gasteiger partial charge in [0.05, 0.1) is 47.1 Å². The molecule has 0 saturated carbocycles. The summed E-state index contributed by atoms with van der Waals surface area (Å²) >= 11 is 3.09. The third-order valence-corrected chi connectivity index (χ3v) is 15.6. The van der Waals surface area contributed by atoms with Crippen LogP contribution in [0.15, 0.2) is 94.3 Å². The van der Waals surface area contributed by atoms with Gasteiger partial charge >= 0.3 is 12.1 Å². The summed E-state index contributed by atoms with van der Waals surface area (Å²) in [7, 11) is 0. The number of aliphatic hydroxyl groups excluding tert-OH is 1. The Kier molecular flexibility index (Phi) is 16.8. The molecule has 8 rings (SSSR count). The highest BCUT2D eigenvalue weighted by Crippen LogP contribution is 2.39. The molecule has 6 aromatic rings. The van der Waals surface area contributed by atoms with Gasteiger partial charge < -0.3 is 40.1 Å². The number of ether oxygens (including phenoxy) is 1. The van der Waals surface area contributed by atoms with E-state index in [1.54, 1.807) is 29.0 Å². The normalized spacial score (nSPS) is 17.9. The van der Waals surface area contributed by atoms with Crippen LogP contribution in [0.5, 0.6) is 0 Å². The van der Waals surface area contributed by atoms with E-state index in [4.69, 9.17) is 9.72 Å². The number of halogens is 3. The van der Waals surface area contributed by atoms with Crippen LogP contribution >= 0.6 is 22.7 Å². The fourth-order valence-electron chi connectivity index (χ4n) is 9.25. The molecule has 2 fully saturated rings. The summed E-state index contributed by atoms with van der Waals surface area (Å²) in [5.41, 5.74) is 5.63. The number of benzene rings is 3. The Labute approximate surface area is 435 Å². The second-order valence-corrected chi connectivity index (χ2v) is 21.7. The van der Waals surface area contributed by atoms with E-state index in [-0.39, 0.29) is 67.3 Å². The van der Waals surface area contributed by atoms with Gasteiger partial charge in [-0.05, 0) is 68.5 Å². The SMILES string of the molecule is Cc1ncsc1-c1ccc(C(C)NC(=O)[C@@H]2C[C@@H](O)CN2C(=O)C(NC(=O)CCOCCN2CCC(CNC(=O)c3cccc(-c4noc(C(F)(F)F)n4)c3)(c3nc(-c4ccccc4)cs3)CC2)C(C)(C)C)cc1. The highest BCUT2D eigenvalue weighted by molar-refractivity contribution is 7.13. The van der Waals surface area contributed by atoms with Gasteiger partial charge in [0.2, 0.25) is 23.5 Å². The van der Waals surface area contributed by atoms with Crippen molar-refractivity contribution < 1.29 is 46.7 Å². The number of nitrogens with one attached hydrogen (secondary N) is 3. The summed E-state index contributed by atoms with van der Waals surface area (Å²) < 4.78 is 49.8. The quantitative estimate of drug-likeness (QED) is 0.0608. The molecule has 2 unspecified atom stereocenters. The summed E-state index contributed by atoms with van der Waals surface area (Å²) in [5.74, 6) is -3.40. The number of amides is 4. The second-order valence-electron chi connectivity index (χ2n) is 20.0. The first-order valence-electron chi connectivity index (χ1n) is 24.5. The standard InChI is InChI=1S/C53H60F3N9O7S2/c1-32(34-14-16-36(17-15-34)43-33(2)58-31-74-43)59-47(69)41-27-39(66)28-65(41)48(70)44(51(3,4)5)61-42(67)18-24-71-25-23-64-21-19-52(20-22-64,50-60-40(29-73-50)35-10-7-6-8-11-35)30-57-46(68)38-13-9-12-37(26-38)45-62-49(72-63-45)53(54,55)56/h6-17,26,29,31-32,39,41,44,66H,18-25,27-28,30H2,1-5H3,(H,57,68)(H,59,69)(H,61,67)/t32?,39-,41+,44?/m1/s1. The van der Waals surface area contributed by atoms with Gasteiger partial charge in [-0.25, -0.2) is 9.97 Å². The zero-order chi connectivity index (χ0) is 52.8. The monoisotopic (exact) mass is 1060 g/mol. The zero-order valence-electron chi connectivity index (χ0n) is 41.8. The number of alkyl halides is 3. The number of carbonyl (C=O) groups excluding carboxylic acids is 4. The second kappa shape index (κ2) is 23.0. The molecule has 74 heavy (non-hydrogen) atoms. The van der Waals surface area contributed by atoms with Gasteiger partial charge in [-0.1, -0.05) is 92.7 Å². The first-order valence-corrected chi connectivity index (χ1v) is 26.2. The molecule has 4 N–H and O–H groups in total. The highest BCUT2D eigenvalue weighted by Gasteiger charge is 2.45. The third-order valence-electron chi connectivity index (χ3n) is 13.6. The molecule has 4 atom stereocenters. The van der Waals surface area contributed by atoms with Crippen molar-refractivity contribution in [2.45, 2.75) is 96.1 Å². The lowest BCUT2D eigenvalue weighted by atomic mass is 9.78. The maximum absolute atomic E-state index is 14.2. The van der Waals surface area contributed by atoms with Gasteiger partial charge in [0.1, 0.15) is 17.1 Å². The summed E-state index contributed by atoms with van der Waals surface area (Å²) in [6, 6.07) is 21.5. The van der Waals surface area contributed by atoms with Crippen molar-refractivity contribution in [3.63, 3.8) is 0 Å². The van der Waals surface area contributed by atoms with Crippen LogP contribution in [0.3, 0.4) is 0 Å². The zero-order valence-corrected chi connectivity index (χ0v) is 43.4. The third kappa shape index (κ3) is 12.9. The lowest BCUT2D eigenvalue weighted by Crippen LogP contribution is -2.58. The number of aromatic nitrogens is 4. The van der Waals surface area contributed by atoms with Gasteiger partial charge in [-0.2, -0.15) is 18.2 Å². The van der Waals surface area contributed by atoms with E-state index in [2.05, 4.69) is 40.5 Å². The lowest BCUT2D eigenvalue weighted by molar-refractivity contribution is -0.159. The smallest absolute Gasteiger partial charge is 0.391 e. The number of piperidine rings is 1. The number of hydrogen-bond acceptors (Lipinski definition) is 14. The van der Waals surface area contributed by atoms with E-state index in [9.17, 15) is 37.5 Å². The highest BCUT2D eigenvalue weighted by atomic mass is 32.1. The van der Waals surface area contributed by atoms with Crippen molar-refractivity contribution in [3.8, 4) is 33.1 Å². The fraction of sp³-hybridized carbons (Fsp3) is 0.434. The Hall–Kier alpha value is -6.39. The molecule has 21 heteroatoms. The van der Waals surface area contributed by atoms with Crippen molar-refractivity contribution in [1.29, 1.82) is 0 Å². The number of aliphatic hydroxyl groups is 1. The van der Waals surface area contributed by atoms with E-state index in [1.165, 1.54) is 28.4 Å². The Morgan fingerprint density at radius 1 is 0.919 bits per heavy atom. The molecular formula is C53H60F3N9O7S2. The van der Waals surface area contributed by atoms with Gasteiger partial charge in [0.25, 0.3) is 5.91 Å². The molecule has 4 amide bonds. The van der Waals surface area contributed by atoms with Gasteiger partial charge in [0, 0.05) is 60.0 Å². The molecule has 392 valence electrons. The number of likely N-dealkylation sites (tertiary alicyclic amines) is 2. The molecular weight excluding hydrogens is 996 g/mol. The number of hydrogen-bond donors (Lipinski definition) is 4. The van der Waals surface area contributed by atoms with Crippen LogP contribution in [-0.4, -0.2) is 123 Å². The van der Waals surface area contributed by atoms with Crippen molar-refractivity contribution in [2.24, 2.45) is 5.41 Å². The van der Waals surface area contributed by atoms with Crippen molar-refractivity contribution in [3.05, 3.63) is 117 Å². The lowest BCUT2D eigenvalue weighted by Gasteiger charge is -2.40. The van der Waals surface area contributed by atoms with Crippen LogP contribution in [-0.2, 0) is 30.7 Å². The molecule has 0 radical (unpaired) electrons. The molecule has 2 aliphatic heterocycles. The minimum absolute atomic E-state index is 0.00548. The average Bonchev–Trinajstić information content (AvgIpc) is 4.23. The summed E-state index contributed by atoms with van der Waals surface area (Å²) in [5, 5.41) is 26.1.